The van der Waals surface area contributed by atoms with Crippen LogP contribution >= 0.6 is 23.2 Å². The number of fused-ring (bicyclic) bond motifs is 2. The van der Waals surface area contributed by atoms with E-state index in [0.717, 1.165) is 10.1 Å². The van der Waals surface area contributed by atoms with E-state index >= 15 is 0 Å². The van der Waals surface area contributed by atoms with Crippen molar-refractivity contribution >= 4 is 51.3 Å². The summed E-state index contributed by atoms with van der Waals surface area (Å²) in [6, 6.07) is 23.2. The summed E-state index contributed by atoms with van der Waals surface area (Å²) in [4.78, 5) is 18.4. The van der Waals surface area contributed by atoms with Gasteiger partial charge in [0, 0.05) is 27.1 Å². The minimum Gasteiger partial charge on any atom is -0.493 e. The number of hydrogen-bond donors (Lipinski definition) is 0. The number of hydrogen-bond acceptors (Lipinski definition) is 6. The van der Waals surface area contributed by atoms with Crippen molar-refractivity contribution in [1.82, 2.24) is 9.66 Å². The molecule has 2 heterocycles. The molecule has 204 valence electrons. The number of nitrogens with zero attached hydrogens (tertiary/aromatic N) is 3. The summed E-state index contributed by atoms with van der Waals surface area (Å²) in [6.45, 7) is 0.0564. The van der Waals surface area contributed by atoms with E-state index in [9.17, 15) is 9.18 Å². The lowest BCUT2D eigenvalue weighted by atomic mass is 10.2. The molecule has 0 bridgehead atoms. The van der Waals surface area contributed by atoms with Crippen LogP contribution in [0.4, 0.5) is 4.39 Å². The summed E-state index contributed by atoms with van der Waals surface area (Å²) in [7, 11) is 1.48. The van der Waals surface area contributed by atoms with Gasteiger partial charge in [-0.2, -0.15) is 9.78 Å². The maximum atomic E-state index is 13.7. The fraction of sp³-hybridized carbons (Fsp3) is 0.0645. The van der Waals surface area contributed by atoms with E-state index in [1.807, 2.05) is 0 Å². The molecule has 0 saturated carbocycles. The van der Waals surface area contributed by atoms with Crippen LogP contribution < -0.4 is 15.0 Å². The van der Waals surface area contributed by atoms with Crippen molar-refractivity contribution < 1.29 is 18.3 Å². The second-order valence-corrected chi connectivity index (χ2v) is 9.92. The Morgan fingerprint density at radius 3 is 2.68 bits per heavy atom. The summed E-state index contributed by atoms with van der Waals surface area (Å²) < 4.78 is 32.4. The maximum absolute atomic E-state index is 13.7. The van der Waals surface area contributed by atoms with Crippen molar-refractivity contribution in [2.75, 3.05) is 7.11 Å². The first-order valence-corrected chi connectivity index (χ1v) is 13.2. The molecule has 0 aliphatic rings. The Bertz CT molecular complexity index is 2020. The standard InChI is InChI=1S/C31H20Cl2FN3O4/c1-39-27-15-22(33)13-20(29(27)40-17-18-5-4-6-23(34)11-18)16-35-37-30(36-25-8-3-2-7-24(25)31(37)38)28-14-19-12-21(32)9-10-26(19)41-28/h2-16H,17H2,1H3. The summed E-state index contributed by atoms with van der Waals surface area (Å²) in [5, 5.41) is 6.54. The topological polar surface area (TPSA) is 78.9 Å². The maximum Gasteiger partial charge on any atom is 0.282 e. The highest BCUT2D eigenvalue weighted by atomic mass is 35.5. The van der Waals surface area contributed by atoms with Gasteiger partial charge < -0.3 is 13.9 Å². The van der Waals surface area contributed by atoms with Crippen LogP contribution in [0.15, 0.2) is 99.2 Å². The molecule has 0 atom stereocenters. The summed E-state index contributed by atoms with van der Waals surface area (Å²) in [5.41, 5.74) is 1.70. The molecule has 7 nitrogen and oxygen atoms in total. The Morgan fingerprint density at radius 2 is 1.85 bits per heavy atom. The normalized spacial score (nSPS) is 11.5. The number of benzene rings is 4. The number of furan rings is 1. The number of rotatable bonds is 7. The molecule has 0 fully saturated rings. The minimum absolute atomic E-state index is 0.0564. The summed E-state index contributed by atoms with van der Waals surface area (Å²) in [5.74, 6) is 0.793. The zero-order valence-electron chi connectivity index (χ0n) is 21.5. The lowest BCUT2D eigenvalue weighted by Crippen LogP contribution is -2.20. The van der Waals surface area contributed by atoms with Crippen molar-refractivity contribution in [2.45, 2.75) is 6.61 Å². The molecule has 0 saturated heterocycles. The first-order valence-electron chi connectivity index (χ1n) is 12.4. The predicted octanol–water partition coefficient (Wildman–Crippen LogP) is 7.73. The van der Waals surface area contributed by atoms with Gasteiger partial charge in [-0.25, -0.2) is 9.37 Å². The monoisotopic (exact) mass is 587 g/mol. The van der Waals surface area contributed by atoms with Gasteiger partial charge in [0.25, 0.3) is 5.56 Å². The van der Waals surface area contributed by atoms with Gasteiger partial charge in [-0.05, 0) is 60.2 Å². The fourth-order valence-corrected chi connectivity index (χ4v) is 4.80. The summed E-state index contributed by atoms with van der Waals surface area (Å²) >= 11 is 12.5. The lowest BCUT2D eigenvalue weighted by Gasteiger charge is -2.14. The van der Waals surface area contributed by atoms with Crippen LogP contribution in [0, 0.1) is 5.82 Å². The highest BCUT2D eigenvalue weighted by molar-refractivity contribution is 6.31. The van der Waals surface area contributed by atoms with Gasteiger partial charge in [-0.1, -0.05) is 47.5 Å². The smallest absolute Gasteiger partial charge is 0.282 e. The van der Waals surface area contributed by atoms with Crippen LogP contribution in [0.1, 0.15) is 11.1 Å². The molecule has 0 N–H and O–H groups in total. The van der Waals surface area contributed by atoms with Crippen LogP contribution in [0.5, 0.6) is 11.5 Å². The molecule has 10 heteroatoms. The Balaban J connectivity index is 1.48. The molecule has 6 rings (SSSR count). The largest absolute Gasteiger partial charge is 0.493 e. The molecule has 0 aliphatic carbocycles. The van der Waals surface area contributed by atoms with E-state index in [1.54, 1.807) is 72.8 Å². The van der Waals surface area contributed by atoms with Crippen LogP contribution in [-0.4, -0.2) is 23.0 Å². The molecule has 0 radical (unpaired) electrons. The summed E-state index contributed by atoms with van der Waals surface area (Å²) in [6.07, 6.45) is 1.43. The first kappa shape index (κ1) is 26.6. The molecule has 4 aromatic carbocycles. The second kappa shape index (κ2) is 11.1. The van der Waals surface area contributed by atoms with Crippen molar-refractivity contribution in [3.05, 3.63) is 122 Å². The van der Waals surface area contributed by atoms with E-state index in [2.05, 4.69) is 5.10 Å². The Hall–Kier alpha value is -4.66. The fourth-order valence-electron chi connectivity index (χ4n) is 4.41. The number of ether oxygens (including phenoxy) is 2. The van der Waals surface area contributed by atoms with Gasteiger partial charge >= 0.3 is 0 Å². The van der Waals surface area contributed by atoms with Crippen LogP contribution in [0.25, 0.3) is 33.5 Å². The highest BCUT2D eigenvalue weighted by Gasteiger charge is 2.18. The third-order valence-corrected chi connectivity index (χ3v) is 6.76. The van der Waals surface area contributed by atoms with Gasteiger partial charge in [-0.3, -0.25) is 4.79 Å². The molecule has 2 aromatic heterocycles. The van der Waals surface area contributed by atoms with Gasteiger partial charge in [0.05, 0.1) is 24.2 Å². The zero-order valence-corrected chi connectivity index (χ0v) is 23.0. The second-order valence-electron chi connectivity index (χ2n) is 9.05. The Morgan fingerprint density at radius 1 is 1.00 bits per heavy atom. The molecule has 0 unspecified atom stereocenters. The Kier molecular flexibility index (Phi) is 7.17. The van der Waals surface area contributed by atoms with Gasteiger partial charge in [0.2, 0.25) is 5.82 Å². The first-order chi connectivity index (χ1) is 19.9. The zero-order chi connectivity index (χ0) is 28.5. The SMILES string of the molecule is COc1cc(Cl)cc(C=Nn2c(-c3cc4cc(Cl)ccc4o3)nc3ccccc3c2=O)c1OCc1cccc(F)c1. The Labute approximate surface area is 243 Å². The van der Waals surface area contributed by atoms with Crippen molar-refractivity contribution in [3.8, 4) is 23.1 Å². The third kappa shape index (κ3) is 5.39. The average Bonchev–Trinajstić information content (AvgIpc) is 3.39. The number of aromatic nitrogens is 2. The van der Waals surface area contributed by atoms with Crippen molar-refractivity contribution in [2.24, 2.45) is 5.10 Å². The predicted molar refractivity (Wildman–Crippen MR) is 158 cm³/mol. The number of methoxy groups -OCH3 is 1. The van der Waals surface area contributed by atoms with Gasteiger partial charge in [-0.15, -0.1) is 0 Å². The van der Waals surface area contributed by atoms with Crippen LogP contribution in [0.2, 0.25) is 10.0 Å². The van der Waals surface area contributed by atoms with Gasteiger partial charge in [0.1, 0.15) is 18.0 Å². The van der Waals surface area contributed by atoms with Crippen LogP contribution in [-0.2, 0) is 6.61 Å². The molecule has 6 aromatic rings. The highest BCUT2D eigenvalue weighted by Crippen LogP contribution is 2.35. The molecule has 0 aliphatic heterocycles. The number of para-hydroxylation sites is 1. The number of halogens is 3. The molecule has 0 spiro atoms. The van der Waals surface area contributed by atoms with Crippen molar-refractivity contribution in [1.29, 1.82) is 0 Å². The quantitative estimate of drug-likeness (QED) is 0.179. The van der Waals surface area contributed by atoms with Crippen LogP contribution in [0.3, 0.4) is 0 Å². The van der Waals surface area contributed by atoms with E-state index < -0.39 is 5.56 Å². The molecular formula is C31H20Cl2FN3O4. The molecule has 41 heavy (non-hydrogen) atoms. The average molecular weight is 588 g/mol. The molecule has 0 amide bonds. The van der Waals surface area contributed by atoms with Gasteiger partial charge in [0.15, 0.2) is 17.3 Å². The minimum atomic E-state index is -0.406. The third-order valence-electron chi connectivity index (χ3n) is 6.31. The lowest BCUT2D eigenvalue weighted by molar-refractivity contribution is 0.283. The van der Waals surface area contributed by atoms with Crippen molar-refractivity contribution in [3.63, 3.8) is 0 Å². The van der Waals surface area contributed by atoms with E-state index in [1.165, 1.54) is 25.5 Å². The van der Waals surface area contributed by atoms with E-state index in [4.69, 9.17) is 42.1 Å². The molecular weight excluding hydrogens is 568 g/mol. The van der Waals surface area contributed by atoms with E-state index in [0.29, 0.717) is 54.9 Å². The van der Waals surface area contributed by atoms with E-state index in [-0.39, 0.29) is 18.2 Å².